The first-order chi connectivity index (χ1) is 8.11. The predicted molar refractivity (Wildman–Crippen MR) is 71.4 cm³/mol. The molecule has 0 fully saturated rings. The minimum Gasteiger partial charge on any atom is -0.491 e. The fourth-order valence-corrected chi connectivity index (χ4v) is 2.84. The van der Waals surface area contributed by atoms with Crippen molar-refractivity contribution in [3.05, 3.63) is 24.3 Å². The fraction of sp³-hybridized carbons (Fsp3) is 0.500. The van der Waals surface area contributed by atoms with E-state index in [1.807, 2.05) is 30.8 Å². The maximum absolute atomic E-state index is 5.78. The SMILES string of the molecule is CO[Si](C)(CCCOc1ccccc1N)OC. The fourth-order valence-electron chi connectivity index (χ4n) is 1.47. The van der Waals surface area contributed by atoms with Gasteiger partial charge in [0, 0.05) is 14.2 Å². The molecule has 0 atom stereocenters. The van der Waals surface area contributed by atoms with Crippen LogP contribution in [-0.2, 0) is 8.85 Å². The van der Waals surface area contributed by atoms with Crippen LogP contribution in [0.3, 0.4) is 0 Å². The molecule has 2 N–H and O–H groups in total. The Labute approximate surface area is 104 Å². The van der Waals surface area contributed by atoms with Crippen LogP contribution in [0.5, 0.6) is 5.75 Å². The highest BCUT2D eigenvalue weighted by Crippen LogP contribution is 2.21. The molecule has 1 rings (SSSR count). The number of ether oxygens (including phenoxy) is 1. The molecule has 0 saturated carbocycles. The van der Waals surface area contributed by atoms with Gasteiger partial charge < -0.3 is 19.3 Å². The van der Waals surface area contributed by atoms with E-state index in [1.165, 1.54) is 0 Å². The van der Waals surface area contributed by atoms with Crippen molar-refractivity contribution in [2.45, 2.75) is 19.0 Å². The Morgan fingerprint density at radius 3 is 2.41 bits per heavy atom. The van der Waals surface area contributed by atoms with Crippen LogP contribution in [0.25, 0.3) is 0 Å². The molecule has 0 spiro atoms. The number of benzene rings is 1. The first-order valence-corrected chi connectivity index (χ1v) is 8.21. The number of nitrogens with two attached hydrogens (primary N) is 1. The molecule has 0 aliphatic carbocycles. The highest BCUT2D eigenvalue weighted by molar-refractivity contribution is 6.65. The summed E-state index contributed by atoms with van der Waals surface area (Å²) in [5.41, 5.74) is 6.45. The second-order valence-electron chi connectivity index (χ2n) is 4.03. The highest BCUT2D eigenvalue weighted by atomic mass is 28.4. The quantitative estimate of drug-likeness (QED) is 0.462. The van der Waals surface area contributed by atoms with E-state index in [1.54, 1.807) is 14.2 Å². The van der Waals surface area contributed by atoms with Crippen molar-refractivity contribution in [2.24, 2.45) is 0 Å². The van der Waals surface area contributed by atoms with Crippen molar-refractivity contribution in [2.75, 3.05) is 26.6 Å². The minimum absolute atomic E-state index is 0.628. The Morgan fingerprint density at radius 1 is 1.18 bits per heavy atom. The van der Waals surface area contributed by atoms with Gasteiger partial charge in [0.2, 0.25) is 0 Å². The second-order valence-corrected chi connectivity index (χ2v) is 7.62. The summed E-state index contributed by atoms with van der Waals surface area (Å²) in [4.78, 5) is 0. The maximum Gasteiger partial charge on any atom is 0.334 e. The topological polar surface area (TPSA) is 53.7 Å². The Bertz CT molecular complexity index is 342. The average molecular weight is 255 g/mol. The summed E-state index contributed by atoms with van der Waals surface area (Å²) in [6.45, 7) is 2.67. The third kappa shape index (κ3) is 4.38. The normalized spacial score (nSPS) is 11.5. The summed E-state index contributed by atoms with van der Waals surface area (Å²) in [5.74, 6) is 0.741. The minimum atomic E-state index is -1.96. The molecule has 1 aromatic carbocycles. The van der Waals surface area contributed by atoms with Crippen LogP contribution in [0.1, 0.15) is 6.42 Å². The van der Waals surface area contributed by atoms with Crippen LogP contribution in [0.4, 0.5) is 5.69 Å². The zero-order chi connectivity index (χ0) is 12.7. The first kappa shape index (κ1) is 14.0. The molecule has 0 unspecified atom stereocenters. The van der Waals surface area contributed by atoms with Gasteiger partial charge >= 0.3 is 8.56 Å². The number of hydrogen-bond acceptors (Lipinski definition) is 4. The van der Waals surface area contributed by atoms with Crippen molar-refractivity contribution in [3.63, 3.8) is 0 Å². The summed E-state index contributed by atoms with van der Waals surface area (Å²) in [6, 6.07) is 8.42. The van der Waals surface area contributed by atoms with Gasteiger partial charge in [0.25, 0.3) is 0 Å². The lowest BCUT2D eigenvalue weighted by molar-refractivity contribution is 0.241. The van der Waals surface area contributed by atoms with E-state index in [4.69, 9.17) is 19.3 Å². The van der Waals surface area contributed by atoms with Crippen molar-refractivity contribution in [1.82, 2.24) is 0 Å². The van der Waals surface area contributed by atoms with Crippen LogP contribution in [0.2, 0.25) is 12.6 Å². The molecule has 4 nitrogen and oxygen atoms in total. The number of rotatable bonds is 7. The van der Waals surface area contributed by atoms with E-state index in [9.17, 15) is 0 Å². The van der Waals surface area contributed by atoms with Crippen LogP contribution in [0, 0.1) is 0 Å². The van der Waals surface area contributed by atoms with Gasteiger partial charge in [0.05, 0.1) is 12.3 Å². The predicted octanol–water partition coefficient (Wildman–Crippen LogP) is 2.40. The van der Waals surface area contributed by atoms with Crippen LogP contribution in [-0.4, -0.2) is 29.4 Å². The molecule has 0 amide bonds. The first-order valence-electron chi connectivity index (χ1n) is 5.69. The molecule has 0 aromatic heterocycles. The van der Waals surface area contributed by atoms with Crippen molar-refractivity contribution in [1.29, 1.82) is 0 Å². The summed E-state index contributed by atoms with van der Waals surface area (Å²) in [7, 11) is 1.44. The average Bonchev–Trinajstić information content (AvgIpc) is 2.36. The molecule has 0 heterocycles. The lowest BCUT2D eigenvalue weighted by atomic mass is 10.3. The van der Waals surface area contributed by atoms with Gasteiger partial charge in [0.15, 0.2) is 0 Å². The highest BCUT2D eigenvalue weighted by Gasteiger charge is 2.27. The molecule has 0 saturated heterocycles. The smallest absolute Gasteiger partial charge is 0.334 e. The molecule has 0 aliphatic heterocycles. The van der Waals surface area contributed by atoms with Crippen molar-refractivity contribution < 1.29 is 13.6 Å². The molecule has 0 radical (unpaired) electrons. The van der Waals surface area contributed by atoms with Gasteiger partial charge in [-0.3, -0.25) is 0 Å². The van der Waals surface area contributed by atoms with Gasteiger partial charge in [-0.15, -0.1) is 0 Å². The van der Waals surface area contributed by atoms with Gasteiger partial charge in [-0.1, -0.05) is 12.1 Å². The Hall–Kier alpha value is -1.04. The third-order valence-electron chi connectivity index (χ3n) is 2.82. The second kappa shape index (κ2) is 6.63. The van der Waals surface area contributed by atoms with Gasteiger partial charge in [-0.2, -0.15) is 0 Å². The molecule has 1 aromatic rings. The van der Waals surface area contributed by atoms with Gasteiger partial charge in [0.1, 0.15) is 5.75 Å². The van der Waals surface area contributed by atoms with Crippen molar-refractivity contribution >= 4 is 14.2 Å². The Kier molecular flexibility index (Phi) is 5.47. The molecule has 17 heavy (non-hydrogen) atoms. The standard InChI is InChI=1S/C12H21NO3Si/c1-14-17(3,15-2)10-6-9-16-12-8-5-4-7-11(12)13/h4-5,7-8H,6,9-10,13H2,1-3H3. The lowest BCUT2D eigenvalue weighted by Gasteiger charge is -2.22. The molecular formula is C12H21NO3Si. The summed E-state index contributed by atoms with van der Waals surface area (Å²) < 4.78 is 16.4. The number of anilines is 1. The third-order valence-corrected chi connectivity index (χ3v) is 5.80. The molecule has 0 aliphatic rings. The van der Waals surface area contributed by atoms with Crippen LogP contribution in [0.15, 0.2) is 24.3 Å². The number of hydrogen-bond donors (Lipinski definition) is 1. The van der Waals surface area contributed by atoms with Crippen LogP contribution >= 0.6 is 0 Å². The van der Waals surface area contributed by atoms with E-state index < -0.39 is 8.56 Å². The zero-order valence-electron chi connectivity index (χ0n) is 10.7. The Balaban J connectivity index is 2.32. The van der Waals surface area contributed by atoms with E-state index in [2.05, 4.69) is 0 Å². The van der Waals surface area contributed by atoms with E-state index >= 15 is 0 Å². The molecular weight excluding hydrogens is 234 g/mol. The summed E-state index contributed by atoms with van der Waals surface area (Å²) in [6.07, 6.45) is 0.902. The lowest BCUT2D eigenvalue weighted by Crippen LogP contribution is -2.36. The molecule has 96 valence electrons. The summed E-state index contributed by atoms with van der Waals surface area (Å²) >= 11 is 0. The summed E-state index contributed by atoms with van der Waals surface area (Å²) in [5, 5.41) is 0. The Morgan fingerprint density at radius 2 is 1.82 bits per heavy atom. The molecule has 0 bridgehead atoms. The van der Waals surface area contributed by atoms with E-state index in [-0.39, 0.29) is 0 Å². The van der Waals surface area contributed by atoms with Gasteiger partial charge in [-0.05, 0) is 31.1 Å². The van der Waals surface area contributed by atoms with E-state index in [0.717, 1.165) is 18.2 Å². The largest absolute Gasteiger partial charge is 0.491 e. The number of nitrogen functional groups attached to an aromatic ring is 1. The molecule has 5 heteroatoms. The maximum atomic E-state index is 5.78. The zero-order valence-corrected chi connectivity index (χ0v) is 11.7. The number of para-hydroxylation sites is 2. The van der Waals surface area contributed by atoms with Crippen LogP contribution < -0.4 is 10.5 Å². The van der Waals surface area contributed by atoms with Gasteiger partial charge in [-0.25, -0.2) is 0 Å². The van der Waals surface area contributed by atoms with Crippen molar-refractivity contribution in [3.8, 4) is 5.75 Å². The monoisotopic (exact) mass is 255 g/mol. The van der Waals surface area contributed by atoms with E-state index in [0.29, 0.717) is 12.3 Å².